The molecular weight excluding hydrogens is 124 g/mol. The van der Waals surface area contributed by atoms with E-state index in [9.17, 15) is 0 Å². The standard InChI is InChI=1S/C8H10N2/c1-2-7-3-6(1)8-4-9-5-10(7)8/h4-7H,1-3H2. The quantitative estimate of drug-likeness (QED) is 0.528. The number of fused-ring (bicyclic) bond motifs is 5. The first kappa shape index (κ1) is 4.94. The second-order valence-corrected chi connectivity index (χ2v) is 3.39. The van der Waals surface area contributed by atoms with Crippen LogP contribution in [0.25, 0.3) is 0 Å². The van der Waals surface area contributed by atoms with Crippen molar-refractivity contribution in [1.82, 2.24) is 9.55 Å². The molecule has 1 aliphatic carbocycles. The topological polar surface area (TPSA) is 17.8 Å². The maximum absolute atomic E-state index is 4.15. The summed E-state index contributed by atoms with van der Waals surface area (Å²) in [7, 11) is 0. The van der Waals surface area contributed by atoms with Crippen molar-refractivity contribution < 1.29 is 0 Å². The van der Waals surface area contributed by atoms with Crippen LogP contribution in [-0.2, 0) is 0 Å². The first-order valence-electron chi connectivity index (χ1n) is 3.97. The molecule has 2 nitrogen and oxygen atoms in total. The molecule has 0 amide bonds. The third-order valence-corrected chi connectivity index (χ3v) is 2.91. The zero-order valence-electron chi connectivity index (χ0n) is 5.83. The average Bonchev–Trinajstić information content (AvgIpc) is 2.60. The number of hydrogen-bond donors (Lipinski definition) is 0. The fourth-order valence-corrected chi connectivity index (χ4v) is 2.42. The van der Waals surface area contributed by atoms with Crippen molar-refractivity contribution in [2.75, 3.05) is 0 Å². The van der Waals surface area contributed by atoms with Gasteiger partial charge in [0.15, 0.2) is 0 Å². The lowest BCUT2D eigenvalue weighted by atomic mass is 10.1. The van der Waals surface area contributed by atoms with Crippen LogP contribution in [-0.4, -0.2) is 9.55 Å². The second-order valence-electron chi connectivity index (χ2n) is 3.39. The van der Waals surface area contributed by atoms with Gasteiger partial charge in [-0.3, -0.25) is 0 Å². The zero-order valence-corrected chi connectivity index (χ0v) is 5.83. The molecule has 1 aromatic heterocycles. The van der Waals surface area contributed by atoms with E-state index in [1.807, 2.05) is 12.5 Å². The van der Waals surface area contributed by atoms with Crippen molar-refractivity contribution in [2.45, 2.75) is 31.2 Å². The monoisotopic (exact) mass is 134 g/mol. The normalized spacial score (nSPS) is 34.8. The maximum atomic E-state index is 4.15. The lowest BCUT2D eigenvalue weighted by Crippen LogP contribution is -2.03. The molecular formula is C8H10N2. The molecule has 0 N–H and O–H groups in total. The van der Waals surface area contributed by atoms with Crippen LogP contribution in [0.5, 0.6) is 0 Å². The van der Waals surface area contributed by atoms with Gasteiger partial charge in [0.25, 0.3) is 0 Å². The van der Waals surface area contributed by atoms with E-state index in [1.165, 1.54) is 25.0 Å². The second kappa shape index (κ2) is 1.44. The smallest absolute Gasteiger partial charge is 0.0950 e. The van der Waals surface area contributed by atoms with Crippen LogP contribution in [0.1, 0.15) is 36.9 Å². The summed E-state index contributed by atoms with van der Waals surface area (Å²) in [6.07, 6.45) is 8.19. The minimum atomic E-state index is 0.808. The van der Waals surface area contributed by atoms with Gasteiger partial charge >= 0.3 is 0 Å². The van der Waals surface area contributed by atoms with Gasteiger partial charge in [0, 0.05) is 23.9 Å². The third kappa shape index (κ3) is 0.405. The fourth-order valence-electron chi connectivity index (χ4n) is 2.42. The van der Waals surface area contributed by atoms with Gasteiger partial charge in [-0.1, -0.05) is 0 Å². The van der Waals surface area contributed by atoms with E-state index in [0.29, 0.717) is 0 Å². The van der Waals surface area contributed by atoms with Crippen LogP contribution in [0.4, 0.5) is 0 Å². The highest BCUT2D eigenvalue weighted by Gasteiger charge is 2.36. The summed E-state index contributed by atoms with van der Waals surface area (Å²) in [6.45, 7) is 0. The summed E-state index contributed by atoms with van der Waals surface area (Å²) in [6, 6.07) is 0.808. The molecule has 0 aromatic carbocycles. The van der Waals surface area contributed by atoms with E-state index in [-0.39, 0.29) is 0 Å². The number of imidazole rings is 1. The van der Waals surface area contributed by atoms with Crippen LogP contribution in [0.3, 0.4) is 0 Å². The summed E-state index contributed by atoms with van der Waals surface area (Å²) in [4.78, 5) is 4.15. The molecule has 0 radical (unpaired) electrons. The Morgan fingerprint density at radius 1 is 1.50 bits per heavy atom. The average molecular weight is 134 g/mol. The molecule has 2 unspecified atom stereocenters. The minimum Gasteiger partial charge on any atom is -0.331 e. The highest BCUT2D eigenvalue weighted by molar-refractivity contribution is 5.17. The number of nitrogens with zero attached hydrogens (tertiary/aromatic N) is 2. The largest absolute Gasteiger partial charge is 0.331 e. The molecule has 1 aromatic rings. The molecule has 1 saturated carbocycles. The zero-order chi connectivity index (χ0) is 6.55. The van der Waals surface area contributed by atoms with E-state index >= 15 is 0 Å². The summed E-state index contributed by atoms with van der Waals surface area (Å²) >= 11 is 0. The highest BCUT2D eigenvalue weighted by atomic mass is 15.1. The van der Waals surface area contributed by atoms with Crippen LogP contribution in [0.15, 0.2) is 12.5 Å². The lowest BCUT2D eigenvalue weighted by Gasteiger charge is -2.12. The first-order valence-corrected chi connectivity index (χ1v) is 3.97. The van der Waals surface area contributed by atoms with Crippen LogP contribution >= 0.6 is 0 Å². The van der Waals surface area contributed by atoms with Gasteiger partial charge in [-0.05, 0) is 19.3 Å². The third-order valence-electron chi connectivity index (χ3n) is 2.91. The van der Waals surface area contributed by atoms with Gasteiger partial charge in [0.1, 0.15) is 0 Å². The lowest BCUT2D eigenvalue weighted by molar-refractivity contribution is 0.528. The van der Waals surface area contributed by atoms with Crippen molar-refractivity contribution in [3.8, 4) is 0 Å². The Bertz CT molecular complexity index is 239. The van der Waals surface area contributed by atoms with Crippen molar-refractivity contribution in [2.24, 2.45) is 0 Å². The number of hydrogen-bond acceptors (Lipinski definition) is 1. The van der Waals surface area contributed by atoms with Gasteiger partial charge in [-0.25, -0.2) is 4.98 Å². The molecule has 2 bridgehead atoms. The predicted octanol–water partition coefficient (Wildman–Crippen LogP) is 1.71. The molecule has 0 spiro atoms. The predicted molar refractivity (Wildman–Crippen MR) is 37.9 cm³/mol. The summed E-state index contributed by atoms with van der Waals surface area (Å²) in [5, 5.41) is 0. The SMILES string of the molecule is c1ncn2c1C1CCC2C1. The molecule has 2 heteroatoms. The molecule has 2 heterocycles. The Morgan fingerprint density at radius 3 is 3.40 bits per heavy atom. The summed E-state index contributed by atoms with van der Waals surface area (Å²) < 4.78 is 2.36. The minimum absolute atomic E-state index is 0.808. The van der Waals surface area contributed by atoms with Crippen molar-refractivity contribution in [1.29, 1.82) is 0 Å². The molecule has 2 aliphatic rings. The van der Waals surface area contributed by atoms with Gasteiger partial charge in [-0.15, -0.1) is 0 Å². The Morgan fingerprint density at radius 2 is 2.50 bits per heavy atom. The van der Waals surface area contributed by atoms with Crippen LogP contribution in [0, 0.1) is 0 Å². The fraction of sp³-hybridized carbons (Fsp3) is 0.625. The number of aromatic nitrogens is 2. The molecule has 10 heavy (non-hydrogen) atoms. The molecule has 1 aliphatic heterocycles. The Kier molecular flexibility index (Phi) is 0.712. The van der Waals surface area contributed by atoms with E-state index in [2.05, 4.69) is 9.55 Å². The Labute approximate surface area is 59.9 Å². The number of rotatable bonds is 0. The molecule has 3 rings (SSSR count). The highest BCUT2D eigenvalue weighted by Crippen LogP contribution is 2.47. The molecule has 1 fully saturated rings. The van der Waals surface area contributed by atoms with E-state index in [0.717, 1.165) is 12.0 Å². The van der Waals surface area contributed by atoms with Gasteiger partial charge in [0.2, 0.25) is 0 Å². The molecule has 2 atom stereocenters. The van der Waals surface area contributed by atoms with Crippen molar-refractivity contribution in [3.05, 3.63) is 18.2 Å². The van der Waals surface area contributed by atoms with Crippen LogP contribution in [0.2, 0.25) is 0 Å². The Balaban J connectivity index is 2.25. The van der Waals surface area contributed by atoms with E-state index in [4.69, 9.17) is 0 Å². The van der Waals surface area contributed by atoms with Crippen molar-refractivity contribution in [3.63, 3.8) is 0 Å². The van der Waals surface area contributed by atoms with Gasteiger partial charge in [0.05, 0.1) is 6.33 Å². The van der Waals surface area contributed by atoms with E-state index in [1.54, 1.807) is 0 Å². The summed E-state index contributed by atoms with van der Waals surface area (Å²) in [5.74, 6) is 0.854. The molecule has 52 valence electrons. The Hall–Kier alpha value is -0.790. The van der Waals surface area contributed by atoms with Gasteiger partial charge in [-0.2, -0.15) is 0 Å². The van der Waals surface area contributed by atoms with Crippen LogP contribution < -0.4 is 0 Å². The van der Waals surface area contributed by atoms with Crippen molar-refractivity contribution >= 4 is 0 Å². The summed E-state index contributed by atoms with van der Waals surface area (Å²) in [5.41, 5.74) is 1.48. The van der Waals surface area contributed by atoms with Gasteiger partial charge < -0.3 is 4.57 Å². The van der Waals surface area contributed by atoms with E-state index < -0.39 is 0 Å². The first-order chi connectivity index (χ1) is 4.95. The maximum Gasteiger partial charge on any atom is 0.0950 e. The molecule has 0 saturated heterocycles.